The highest BCUT2D eigenvalue weighted by Gasteiger charge is 2.29. The zero-order chi connectivity index (χ0) is 33.3. The highest BCUT2D eigenvalue weighted by atomic mass is 35.5. The molecule has 5 rings (SSSR count). The number of aryl methyl sites for hydroxylation is 1. The summed E-state index contributed by atoms with van der Waals surface area (Å²) in [6.07, 6.45) is -0.698. The number of carbonyl (C=O) groups excluding carboxylic acids is 1. The Morgan fingerprint density at radius 2 is 1.74 bits per heavy atom. The second-order valence-corrected chi connectivity index (χ2v) is 12.6. The Morgan fingerprint density at radius 1 is 1.07 bits per heavy atom. The van der Waals surface area contributed by atoms with E-state index in [0.29, 0.717) is 17.4 Å². The minimum Gasteiger partial charge on any atom is -0.497 e. The lowest BCUT2D eigenvalue weighted by Gasteiger charge is -2.22. The number of nitrogens with zero attached hydrogens (tertiary/aromatic N) is 5. The molecule has 0 aliphatic rings. The maximum absolute atomic E-state index is 14.0. The third-order valence-corrected chi connectivity index (χ3v) is 8.44. The van der Waals surface area contributed by atoms with Gasteiger partial charge in [0.15, 0.2) is 17.7 Å². The summed E-state index contributed by atoms with van der Waals surface area (Å²) in [6.45, 7) is -0.105. The van der Waals surface area contributed by atoms with Gasteiger partial charge in [-0.25, -0.2) is 31.3 Å². The second kappa shape index (κ2) is 12.8. The first-order chi connectivity index (χ1) is 21.8. The third kappa shape index (κ3) is 6.65. The van der Waals surface area contributed by atoms with Crippen molar-refractivity contribution in [2.24, 2.45) is 12.8 Å². The topological polar surface area (TPSA) is 152 Å². The van der Waals surface area contributed by atoms with Crippen molar-refractivity contribution in [2.45, 2.75) is 19.1 Å². The highest BCUT2D eigenvalue weighted by molar-refractivity contribution is 7.92. The van der Waals surface area contributed by atoms with E-state index in [1.54, 1.807) is 24.3 Å². The molecule has 0 fully saturated rings. The zero-order valence-electron chi connectivity index (χ0n) is 24.6. The lowest BCUT2D eigenvalue weighted by molar-refractivity contribution is 0.0997. The van der Waals surface area contributed by atoms with Gasteiger partial charge in [-0.2, -0.15) is 5.10 Å². The second-order valence-electron chi connectivity index (χ2n) is 10.2. The van der Waals surface area contributed by atoms with E-state index in [0.717, 1.165) is 33.3 Å². The van der Waals surface area contributed by atoms with E-state index >= 15 is 0 Å². The van der Waals surface area contributed by atoms with Crippen LogP contribution in [0.5, 0.6) is 5.75 Å². The first-order valence-corrected chi connectivity index (χ1v) is 15.7. The summed E-state index contributed by atoms with van der Waals surface area (Å²) < 4.78 is 68.3. The van der Waals surface area contributed by atoms with E-state index in [2.05, 4.69) is 10.1 Å². The Balaban J connectivity index is 1.70. The number of amides is 1. The van der Waals surface area contributed by atoms with Crippen molar-refractivity contribution in [3.05, 3.63) is 111 Å². The number of benzene rings is 3. The van der Waals surface area contributed by atoms with Gasteiger partial charge in [0.05, 0.1) is 41.5 Å². The van der Waals surface area contributed by atoms with Crippen LogP contribution in [0.4, 0.5) is 19.4 Å². The number of fused-ring (bicyclic) bond motifs is 1. The average Bonchev–Trinajstić information content (AvgIpc) is 3.32. The van der Waals surface area contributed by atoms with Crippen LogP contribution in [0.25, 0.3) is 16.6 Å². The van der Waals surface area contributed by atoms with Gasteiger partial charge in [0, 0.05) is 31.8 Å². The van der Waals surface area contributed by atoms with Gasteiger partial charge in [-0.05, 0) is 47.5 Å². The largest absolute Gasteiger partial charge is 0.497 e. The molecule has 2 heterocycles. The fourth-order valence-corrected chi connectivity index (χ4v) is 6.16. The summed E-state index contributed by atoms with van der Waals surface area (Å²) in [4.78, 5) is 29.7. The molecule has 0 spiro atoms. The van der Waals surface area contributed by atoms with Crippen LogP contribution in [0.2, 0.25) is 5.02 Å². The molecule has 0 aliphatic carbocycles. The lowest BCUT2D eigenvalue weighted by Crippen LogP contribution is -2.30. The monoisotopic (exact) mass is 672 g/mol. The number of anilines is 1. The molecule has 46 heavy (non-hydrogen) atoms. The summed E-state index contributed by atoms with van der Waals surface area (Å²) in [5.74, 6) is -1.29. The van der Waals surface area contributed by atoms with Crippen LogP contribution in [0.1, 0.15) is 23.1 Å². The summed E-state index contributed by atoms with van der Waals surface area (Å²) in [5, 5.41) is 4.83. The predicted octanol–water partition coefficient (Wildman–Crippen LogP) is 4.40. The highest BCUT2D eigenvalue weighted by Crippen LogP contribution is 2.38. The first-order valence-electron chi connectivity index (χ1n) is 13.5. The molecule has 0 aliphatic heterocycles. The summed E-state index contributed by atoms with van der Waals surface area (Å²) >= 11 is 6.67. The number of ether oxygens (including phenoxy) is 2. The molecule has 0 radical (unpaired) electrons. The van der Waals surface area contributed by atoms with Crippen LogP contribution < -0.4 is 20.3 Å². The van der Waals surface area contributed by atoms with Crippen LogP contribution in [-0.2, 0) is 34.8 Å². The van der Waals surface area contributed by atoms with Crippen LogP contribution in [0, 0.1) is 11.6 Å². The van der Waals surface area contributed by atoms with E-state index in [-0.39, 0.29) is 51.8 Å². The van der Waals surface area contributed by atoms with E-state index in [1.165, 1.54) is 37.2 Å². The molecule has 1 atom stereocenters. The number of halogens is 3. The Labute approximate surface area is 266 Å². The SMILES string of the molecule is COc1ccc(CN(c2nn(C)c3c(-n4c([C@H](Cc5cc(F)cc(F)c5)OC(N)=O)nccc4=O)ccc(Cl)c23)S(C)(=O)=O)cc1. The molecular formula is C30H27ClF2N6O6S. The molecule has 12 nitrogen and oxygen atoms in total. The number of nitrogens with two attached hydrogens (primary N) is 1. The first kappa shape index (κ1) is 32.4. The molecule has 2 N–H and O–H groups in total. The van der Waals surface area contributed by atoms with Gasteiger partial charge in [-0.3, -0.25) is 14.0 Å². The molecule has 2 aromatic heterocycles. The number of carbonyl (C=O) groups is 1. The third-order valence-electron chi connectivity index (χ3n) is 7.02. The van der Waals surface area contributed by atoms with Gasteiger partial charge in [0.1, 0.15) is 17.4 Å². The number of primary amides is 1. The Kier molecular flexibility index (Phi) is 8.99. The van der Waals surface area contributed by atoms with E-state index in [4.69, 9.17) is 26.8 Å². The maximum Gasteiger partial charge on any atom is 0.405 e. The van der Waals surface area contributed by atoms with Crippen molar-refractivity contribution in [3.8, 4) is 11.4 Å². The Bertz CT molecular complexity index is 2100. The fraction of sp³-hybridized carbons (Fsp3) is 0.200. The number of sulfonamides is 1. The summed E-state index contributed by atoms with van der Waals surface area (Å²) in [7, 11) is -0.886. The van der Waals surface area contributed by atoms with Gasteiger partial charge in [-0.1, -0.05) is 23.7 Å². The molecule has 5 aromatic rings. The molecule has 0 saturated carbocycles. The minimum atomic E-state index is -3.94. The van der Waals surface area contributed by atoms with Crippen molar-refractivity contribution in [1.29, 1.82) is 0 Å². The molecule has 1 amide bonds. The number of aromatic nitrogens is 4. The zero-order valence-corrected chi connectivity index (χ0v) is 26.2. The number of hydrogen-bond acceptors (Lipinski definition) is 8. The fourth-order valence-electron chi connectivity index (χ4n) is 5.10. The Hall–Kier alpha value is -5.02. The molecular weight excluding hydrogens is 646 g/mol. The summed E-state index contributed by atoms with van der Waals surface area (Å²) in [6, 6.07) is 13.7. The predicted molar refractivity (Wildman–Crippen MR) is 167 cm³/mol. The summed E-state index contributed by atoms with van der Waals surface area (Å²) in [5.41, 5.74) is 5.82. The van der Waals surface area contributed by atoms with E-state index in [9.17, 15) is 26.8 Å². The molecule has 0 unspecified atom stereocenters. The van der Waals surface area contributed by atoms with Crippen LogP contribution in [-0.4, -0.2) is 47.2 Å². The van der Waals surface area contributed by atoms with E-state index < -0.39 is 39.4 Å². The normalized spacial score (nSPS) is 12.2. The van der Waals surface area contributed by atoms with E-state index in [1.807, 2.05) is 0 Å². The Morgan fingerprint density at radius 3 is 2.35 bits per heavy atom. The van der Waals surface area contributed by atoms with Crippen molar-refractivity contribution in [3.63, 3.8) is 0 Å². The van der Waals surface area contributed by atoms with Gasteiger partial charge >= 0.3 is 6.09 Å². The van der Waals surface area contributed by atoms with Gasteiger partial charge in [0.25, 0.3) is 5.56 Å². The molecule has 0 saturated heterocycles. The van der Waals surface area contributed by atoms with Crippen molar-refractivity contribution >= 4 is 44.4 Å². The van der Waals surface area contributed by atoms with Crippen LogP contribution >= 0.6 is 11.6 Å². The average molecular weight is 673 g/mol. The quantitative estimate of drug-likeness (QED) is 0.229. The molecule has 0 bridgehead atoms. The standard InChI is InChI=1S/C30H27ClF2N6O6S/c1-37-27-23(39-25(40)10-11-35-28(39)24(45-30(34)41)14-18-12-19(32)15-20(33)13-18)9-8-22(31)26(27)29(36-37)38(46(3,42)43)16-17-4-6-21(44-2)7-5-17/h4-13,15,24H,14,16H2,1-3H3,(H2,34,41)/t24-/m0/s1. The smallest absolute Gasteiger partial charge is 0.405 e. The molecule has 3 aromatic carbocycles. The maximum atomic E-state index is 14.0. The van der Waals surface area contributed by atoms with Gasteiger partial charge in [-0.15, -0.1) is 0 Å². The molecule has 240 valence electrons. The van der Waals surface area contributed by atoms with Crippen molar-refractivity contribution < 1.29 is 31.5 Å². The number of methoxy groups -OCH3 is 1. The van der Waals surface area contributed by atoms with Crippen molar-refractivity contribution in [1.82, 2.24) is 19.3 Å². The lowest BCUT2D eigenvalue weighted by atomic mass is 10.1. The number of rotatable bonds is 10. The number of hydrogen-bond donors (Lipinski definition) is 1. The van der Waals surface area contributed by atoms with Crippen LogP contribution in [0.3, 0.4) is 0 Å². The van der Waals surface area contributed by atoms with Crippen LogP contribution in [0.15, 0.2) is 71.7 Å². The minimum absolute atomic E-state index is 0.0127. The van der Waals surface area contributed by atoms with Gasteiger partial charge < -0.3 is 15.2 Å². The molecule has 16 heteroatoms. The van der Waals surface area contributed by atoms with Gasteiger partial charge in [0.2, 0.25) is 10.0 Å². The van der Waals surface area contributed by atoms with Crippen molar-refractivity contribution in [2.75, 3.05) is 17.7 Å².